The van der Waals surface area contributed by atoms with Crippen molar-refractivity contribution in [2.45, 2.75) is 19.9 Å². The highest BCUT2D eigenvalue weighted by Gasteiger charge is 2.23. The Morgan fingerprint density at radius 1 is 1.07 bits per heavy atom. The van der Waals surface area contributed by atoms with E-state index in [0.29, 0.717) is 25.2 Å². The SMILES string of the molecule is CCc1ccc(CN(CC(=O)N2CCNCC2)C(=O)c2cccc(Br)c2)cc1. The van der Waals surface area contributed by atoms with Gasteiger partial charge in [0.25, 0.3) is 5.91 Å². The third kappa shape index (κ3) is 5.42. The quantitative estimate of drug-likeness (QED) is 0.745. The van der Waals surface area contributed by atoms with Crippen molar-refractivity contribution in [2.75, 3.05) is 32.7 Å². The minimum Gasteiger partial charge on any atom is -0.339 e. The summed E-state index contributed by atoms with van der Waals surface area (Å²) in [6.07, 6.45) is 0.975. The first-order chi connectivity index (χ1) is 13.6. The standard InChI is InChI=1S/C22H26BrN3O2/c1-2-17-6-8-18(9-7-17)15-26(16-21(27)25-12-10-24-11-13-25)22(28)19-4-3-5-20(23)14-19/h3-9,14,24H,2,10-13,15-16H2,1H3. The third-order valence-electron chi connectivity index (χ3n) is 4.96. The van der Waals surface area contributed by atoms with Gasteiger partial charge in [-0.2, -0.15) is 0 Å². The van der Waals surface area contributed by atoms with Gasteiger partial charge in [-0.1, -0.05) is 53.2 Å². The lowest BCUT2D eigenvalue weighted by Gasteiger charge is -2.30. The maximum atomic E-state index is 13.2. The normalized spacial score (nSPS) is 14.0. The van der Waals surface area contributed by atoms with Gasteiger partial charge < -0.3 is 15.1 Å². The van der Waals surface area contributed by atoms with Crippen LogP contribution < -0.4 is 5.32 Å². The summed E-state index contributed by atoms with van der Waals surface area (Å²) in [6, 6.07) is 15.5. The van der Waals surface area contributed by atoms with Gasteiger partial charge in [-0.3, -0.25) is 9.59 Å². The largest absolute Gasteiger partial charge is 0.339 e. The van der Waals surface area contributed by atoms with Gasteiger partial charge >= 0.3 is 0 Å². The van der Waals surface area contributed by atoms with E-state index < -0.39 is 0 Å². The molecule has 2 aromatic carbocycles. The van der Waals surface area contributed by atoms with Crippen LogP contribution in [0.15, 0.2) is 53.0 Å². The Morgan fingerprint density at radius 3 is 2.39 bits per heavy atom. The second-order valence-corrected chi connectivity index (χ2v) is 7.89. The molecule has 1 fully saturated rings. The molecule has 0 bridgehead atoms. The lowest BCUT2D eigenvalue weighted by molar-refractivity contribution is -0.132. The number of piperazine rings is 1. The monoisotopic (exact) mass is 443 g/mol. The minimum absolute atomic E-state index is 0.00461. The van der Waals surface area contributed by atoms with Gasteiger partial charge in [0.1, 0.15) is 6.54 Å². The summed E-state index contributed by atoms with van der Waals surface area (Å²) in [5, 5.41) is 3.25. The fourth-order valence-electron chi connectivity index (χ4n) is 3.28. The van der Waals surface area contributed by atoms with Crippen LogP contribution in [-0.4, -0.2) is 54.3 Å². The molecule has 0 atom stereocenters. The molecular formula is C22H26BrN3O2. The molecule has 1 heterocycles. The number of hydrogen-bond donors (Lipinski definition) is 1. The zero-order valence-electron chi connectivity index (χ0n) is 16.2. The summed E-state index contributed by atoms with van der Waals surface area (Å²) in [6.45, 7) is 5.57. The van der Waals surface area contributed by atoms with Crippen LogP contribution in [0, 0.1) is 0 Å². The predicted molar refractivity (Wildman–Crippen MR) is 114 cm³/mol. The van der Waals surface area contributed by atoms with Crippen LogP contribution in [-0.2, 0) is 17.8 Å². The molecule has 1 saturated heterocycles. The van der Waals surface area contributed by atoms with Crippen LogP contribution in [0.25, 0.3) is 0 Å². The van der Waals surface area contributed by atoms with Crippen LogP contribution in [0.1, 0.15) is 28.4 Å². The van der Waals surface area contributed by atoms with E-state index in [-0.39, 0.29) is 18.4 Å². The Kier molecular flexibility index (Phi) is 7.23. The summed E-state index contributed by atoms with van der Waals surface area (Å²) < 4.78 is 0.846. The van der Waals surface area contributed by atoms with Crippen LogP contribution >= 0.6 is 15.9 Å². The third-order valence-corrected chi connectivity index (χ3v) is 5.45. The van der Waals surface area contributed by atoms with E-state index in [0.717, 1.165) is 29.5 Å². The maximum Gasteiger partial charge on any atom is 0.254 e. The van der Waals surface area contributed by atoms with Crippen LogP contribution in [0.4, 0.5) is 0 Å². The second-order valence-electron chi connectivity index (χ2n) is 6.97. The Labute approximate surface area is 174 Å². The van der Waals surface area contributed by atoms with E-state index in [9.17, 15) is 9.59 Å². The molecule has 0 aromatic heterocycles. The van der Waals surface area contributed by atoms with Crippen molar-refractivity contribution < 1.29 is 9.59 Å². The number of halogens is 1. The number of nitrogens with one attached hydrogen (secondary N) is 1. The van der Waals surface area contributed by atoms with Gasteiger partial charge in [-0.15, -0.1) is 0 Å². The number of carbonyl (C=O) groups excluding carboxylic acids is 2. The Balaban J connectivity index is 1.79. The van der Waals surface area contributed by atoms with Crippen molar-refractivity contribution in [3.63, 3.8) is 0 Å². The zero-order valence-corrected chi connectivity index (χ0v) is 17.7. The number of carbonyl (C=O) groups is 2. The first kappa shape index (κ1) is 20.6. The van der Waals surface area contributed by atoms with Gasteiger partial charge in [-0.25, -0.2) is 0 Å². The molecular weight excluding hydrogens is 418 g/mol. The van der Waals surface area contributed by atoms with Gasteiger partial charge in [0.15, 0.2) is 0 Å². The van der Waals surface area contributed by atoms with Crippen LogP contribution in [0.5, 0.6) is 0 Å². The molecule has 1 N–H and O–H groups in total. The molecule has 1 aliphatic heterocycles. The number of aryl methyl sites for hydroxylation is 1. The van der Waals surface area contributed by atoms with Gasteiger partial charge in [-0.05, 0) is 35.7 Å². The molecule has 0 unspecified atom stereocenters. The first-order valence-electron chi connectivity index (χ1n) is 9.68. The predicted octanol–water partition coefficient (Wildman–Crippen LogP) is 3.09. The highest BCUT2D eigenvalue weighted by molar-refractivity contribution is 9.10. The second kappa shape index (κ2) is 9.85. The molecule has 6 heteroatoms. The van der Waals surface area contributed by atoms with Crippen molar-refractivity contribution in [2.24, 2.45) is 0 Å². The van der Waals surface area contributed by atoms with E-state index in [2.05, 4.69) is 40.3 Å². The van der Waals surface area contributed by atoms with Crippen LogP contribution in [0.2, 0.25) is 0 Å². The van der Waals surface area contributed by atoms with E-state index in [1.165, 1.54) is 5.56 Å². The zero-order chi connectivity index (χ0) is 19.9. The summed E-state index contributed by atoms with van der Waals surface area (Å²) >= 11 is 3.42. The van der Waals surface area contributed by atoms with Crippen molar-refractivity contribution in [3.8, 4) is 0 Å². The summed E-state index contributed by atoms with van der Waals surface area (Å²) in [5.74, 6) is -0.139. The molecule has 28 heavy (non-hydrogen) atoms. The Hall–Kier alpha value is -2.18. The fourth-order valence-corrected chi connectivity index (χ4v) is 3.68. The summed E-state index contributed by atoms with van der Waals surface area (Å²) in [4.78, 5) is 29.4. The van der Waals surface area contributed by atoms with Gasteiger partial charge in [0, 0.05) is 42.8 Å². The number of amides is 2. The Bertz CT molecular complexity index is 817. The number of hydrogen-bond acceptors (Lipinski definition) is 3. The minimum atomic E-state index is -0.135. The van der Waals surface area contributed by atoms with Gasteiger partial charge in [0.2, 0.25) is 5.91 Å². The molecule has 2 amide bonds. The summed E-state index contributed by atoms with van der Waals surface area (Å²) in [5.41, 5.74) is 2.85. The maximum absolute atomic E-state index is 13.2. The molecule has 0 saturated carbocycles. The average Bonchev–Trinajstić information content (AvgIpc) is 2.74. The topological polar surface area (TPSA) is 52.7 Å². The fraction of sp³-hybridized carbons (Fsp3) is 0.364. The highest BCUT2D eigenvalue weighted by Crippen LogP contribution is 2.16. The number of nitrogens with zero attached hydrogens (tertiary/aromatic N) is 2. The molecule has 0 radical (unpaired) electrons. The molecule has 5 nitrogen and oxygen atoms in total. The lowest BCUT2D eigenvalue weighted by Crippen LogP contribution is -2.50. The van der Waals surface area contributed by atoms with Crippen LogP contribution in [0.3, 0.4) is 0 Å². The number of rotatable bonds is 6. The molecule has 0 aliphatic carbocycles. The molecule has 3 rings (SSSR count). The van der Waals surface area contributed by atoms with Crippen molar-refractivity contribution in [3.05, 3.63) is 69.7 Å². The van der Waals surface area contributed by atoms with Crippen molar-refractivity contribution >= 4 is 27.7 Å². The lowest BCUT2D eigenvalue weighted by atomic mass is 10.1. The van der Waals surface area contributed by atoms with E-state index in [1.54, 1.807) is 17.0 Å². The highest BCUT2D eigenvalue weighted by atomic mass is 79.9. The Morgan fingerprint density at radius 2 is 1.75 bits per heavy atom. The smallest absolute Gasteiger partial charge is 0.254 e. The molecule has 1 aliphatic rings. The average molecular weight is 444 g/mol. The first-order valence-corrected chi connectivity index (χ1v) is 10.5. The number of benzene rings is 2. The molecule has 148 valence electrons. The van der Waals surface area contributed by atoms with E-state index in [4.69, 9.17) is 0 Å². The summed E-state index contributed by atoms with van der Waals surface area (Å²) in [7, 11) is 0. The van der Waals surface area contributed by atoms with E-state index in [1.807, 2.05) is 29.2 Å². The van der Waals surface area contributed by atoms with Crippen molar-refractivity contribution in [1.29, 1.82) is 0 Å². The van der Waals surface area contributed by atoms with E-state index >= 15 is 0 Å². The molecule has 0 spiro atoms. The van der Waals surface area contributed by atoms with Crippen molar-refractivity contribution in [1.82, 2.24) is 15.1 Å². The molecule has 2 aromatic rings. The van der Waals surface area contributed by atoms with Gasteiger partial charge in [0.05, 0.1) is 0 Å².